The Kier molecular flexibility index (Phi) is 5.67. The van der Waals surface area contributed by atoms with Crippen LogP contribution in [0.5, 0.6) is 0 Å². The number of sulfonamides is 1. The minimum absolute atomic E-state index is 0.00401. The van der Waals surface area contributed by atoms with E-state index in [1.807, 2.05) is 0 Å². The highest BCUT2D eigenvalue weighted by Crippen LogP contribution is 2.27. The second kappa shape index (κ2) is 8.00. The lowest BCUT2D eigenvalue weighted by Gasteiger charge is -2.13. The molecule has 144 valence electrons. The minimum Gasteiger partial charge on any atom is -0.322 e. The number of nitrogens with one attached hydrogen (secondary N) is 2. The molecule has 0 aliphatic carbocycles. The Morgan fingerprint density at radius 2 is 1.68 bits per heavy atom. The first kappa shape index (κ1) is 19.9. The van der Waals surface area contributed by atoms with E-state index in [2.05, 4.69) is 10.0 Å². The number of carbonyl (C=O) groups is 1. The molecule has 0 heterocycles. The molecule has 0 saturated heterocycles. The molecule has 0 spiro atoms. The number of anilines is 2. The summed E-state index contributed by atoms with van der Waals surface area (Å²) in [5.41, 5.74) is 1.30. The van der Waals surface area contributed by atoms with E-state index >= 15 is 0 Å². The third-order valence-electron chi connectivity index (χ3n) is 3.96. The van der Waals surface area contributed by atoms with Crippen LogP contribution in [0, 0.1) is 12.7 Å². The molecule has 28 heavy (non-hydrogen) atoms. The van der Waals surface area contributed by atoms with Crippen LogP contribution in [0.1, 0.15) is 15.9 Å². The third kappa shape index (κ3) is 4.49. The summed E-state index contributed by atoms with van der Waals surface area (Å²) in [6, 6.07) is 16.0. The van der Waals surface area contributed by atoms with Crippen LogP contribution in [0.4, 0.5) is 15.8 Å². The number of amides is 1. The molecular formula is C20H16ClFN2O3S. The minimum atomic E-state index is -3.93. The van der Waals surface area contributed by atoms with Gasteiger partial charge in [0.05, 0.1) is 15.6 Å². The molecule has 0 aliphatic heterocycles. The van der Waals surface area contributed by atoms with Crippen molar-refractivity contribution in [2.75, 3.05) is 10.0 Å². The highest BCUT2D eigenvalue weighted by molar-refractivity contribution is 7.92. The fourth-order valence-corrected chi connectivity index (χ4v) is 4.11. The van der Waals surface area contributed by atoms with Gasteiger partial charge in [-0.3, -0.25) is 9.52 Å². The molecule has 0 aliphatic rings. The Balaban J connectivity index is 1.87. The van der Waals surface area contributed by atoms with Crippen molar-refractivity contribution in [3.05, 3.63) is 88.7 Å². The molecule has 0 fully saturated rings. The van der Waals surface area contributed by atoms with Crippen LogP contribution >= 0.6 is 11.6 Å². The van der Waals surface area contributed by atoms with Crippen molar-refractivity contribution < 1.29 is 17.6 Å². The lowest BCUT2D eigenvalue weighted by atomic mass is 10.2. The van der Waals surface area contributed by atoms with E-state index in [0.29, 0.717) is 11.3 Å². The van der Waals surface area contributed by atoms with Gasteiger partial charge in [0.1, 0.15) is 5.82 Å². The van der Waals surface area contributed by atoms with E-state index in [1.165, 1.54) is 30.3 Å². The van der Waals surface area contributed by atoms with E-state index in [1.54, 1.807) is 43.3 Å². The molecule has 3 rings (SSSR count). The van der Waals surface area contributed by atoms with Crippen LogP contribution in [0.3, 0.4) is 0 Å². The van der Waals surface area contributed by atoms with Crippen LogP contribution in [0.15, 0.2) is 71.6 Å². The highest BCUT2D eigenvalue weighted by atomic mass is 35.5. The maximum absolute atomic E-state index is 13.0. The van der Waals surface area contributed by atoms with Gasteiger partial charge in [0.25, 0.3) is 15.9 Å². The smallest absolute Gasteiger partial charge is 0.262 e. The summed E-state index contributed by atoms with van der Waals surface area (Å²) < 4.78 is 41.0. The number of hydrogen-bond acceptors (Lipinski definition) is 3. The van der Waals surface area contributed by atoms with Crippen molar-refractivity contribution in [3.63, 3.8) is 0 Å². The number of aryl methyl sites for hydroxylation is 1. The normalized spacial score (nSPS) is 11.1. The summed E-state index contributed by atoms with van der Waals surface area (Å²) in [4.78, 5) is 12.3. The molecule has 0 unspecified atom stereocenters. The lowest BCUT2D eigenvalue weighted by Crippen LogP contribution is -2.16. The van der Waals surface area contributed by atoms with E-state index in [0.717, 1.165) is 0 Å². The second-order valence-corrected chi connectivity index (χ2v) is 8.08. The van der Waals surface area contributed by atoms with Crippen molar-refractivity contribution in [1.29, 1.82) is 0 Å². The van der Waals surface area contributed by atoms with Crippen molar-refractivity contribution in [3.8, 4) is 0 Å². The van der Waals surface area contributed by atoms with Gasteiger partial charge in [-0.05, 0) is 61.0 Å². The predicted octanol–water partition coefficient (Wildman–Crippen LogP) is 4.84. The van der Waals surface area contributed by atoms with Crippen LogP contribution in [0.25, 0.3) is 0 Å². The van der Waals surface area contributed by atoms with Crippen molar-refractivity contribution >= 4 is 38.9 Å². The van der Waals surface area contributed by atoms with Gasteiger partial charge < -0.3 is 5.32 Å². The highest BCUT2D eigenvalue weighted by Gasteiger charge is 2.19. The van der Waals surface area contributed by atoms with Gasteiger partial charge in [0, 0.05) is 11.3 Å². The van der Waals surface area contributed by atoms with E-state index < -0.39 is 21.7 Å². The lowest BCUT2D eigenvalue weighted by molar-refractivity contribution is 0.102. The average molecular weight is 419 g/mol. The summed E-state index contributed by atoms with van der Waals surface area (Å²) in [5.74, 6) is -0.933. The van der Waals surface area contributed by atoms with Gasteiger partial charge in [-0.15, -0.1) is 0 Å². The SMILES string of the molecule is Cc1ccc(NC(=O)c2ccc(F)cc2)cc1S(=O)(=O)Nc1ccccc1Cl. The van der Waals surface area contributed by atoms with Gasteiger partial charge in [-0.25, -0.2) is 12.8 Å². The topological polar surface area (TPSA) is 75.3 Å². The Hall–Kier alpha value is -2.90. The number of benzene rings is 3. The van der Waals surface area contributed by atoms with E-state index in [-0.39, 0.29) is 21.2 Å². The standard InChI is InChI=1S/C20H16ClFN2O3S/c1-13-6-11-16(23-20(25)14-7-9-15(22)10-8-14)12-19(13)28(26,27)24-18-5-3-2-4-17(18)21/h2-12,24H,1H3,(H,23,25). The molecule has 1 amide bonds. The van der Waals surface area contributed by atoms with Gasteiger partial charge in [-0.1, -0.05) is 29.8 Å². The number of halogens is 2. The van der Waals surface area contributed by atoms with Gasteiger partial charge >= 0.3 is 0 Å². The zero-order chi connectivity index (χ0) is 20.3. The van der Waals surface area contributed by atoms with E-state index in [9.17, 15) is 17.6 Å². The van der Waals surface area contributed by atoms with Crippen molar-refractivity contribution in [2.45, 2.75) is 11.8 Å². The fourth-order valence-electron chi connectivity index (χ4n) is 2.52. The molecule has 3 aromatic rings. The summed E-state index contributed by atoms with van der Waals surface area (Å²) in [7, 11) is -3.93. The molecular weight excluding hydrogens is 403 g/mol. The summed E-state index contributed by atoms with van der Waals surface area (Å²) in [5, 5.41) is 2.88. The molecule has 0 bridgehead atoms. The molecule has 5 nitrogen and oxygen atoms in total. The first-order valence-electron chi connectivity index (χ1n) is 8.21. The van der Waals surface area contributed by atoms with Crippen molar-refractivity contribution in [1.82, 2.24) is 0 Å². The number of hydrogen-bond donors (Lipinski definition) is 2. The van der Waals surface area contributed by atoms with Gasteiger partial charge in [0.15, 0.2) is 0 Å². The molecule has 2 N–H and O–H groups in total. The number of para-hydroxylation sites is 1. The Morgan fingerprint density at radius 1 is 1.00 bits per heavy atom. The molecule has 0 saturated carbocycles. The first-order chi connectivity index (χ1) is 13.3. The van der Waals surface area contributed by atoms with Gasteiger partial charge in [-0.2, -0.15) is 0 Å². The second-order valence-electron chi connectivity index (χ2n) is 6.03. The average Bonchev–Trinajstić information content (AvgIpc) is 2.65. The predicted molar refractivity (Wildman–Crippen MR) is 108 cm³/mol. The first-order valence-corrected chi connectivity index (χ1v) is 10.1. The Labute approximate surface area is 167 Å². The Morgan fingerprint density at radius 3 is 2.36 bits per heavy atom. The molecule has 0 aromatic heterocycles. The van der Waals surface area contributed by atoms with Crippen molar-refractivity contribution in [2.24, 2.45) is 0 Å². The van der Waals surface area contributed by atoms with Gasteiger partial charge in [0.2, 0.25) is 0 Å². The Bertz CT molecular complexity index is 1130. The summed E-state index contributed by atoms with van der Waals surface area (Å²) >= 11 is 6.03. The largest absolute Gasteiger partial charge is 0.322 e. The maximum atomic E-state index is 13.0. The quantitative estimate of drug-likeness (QED) is 0.622. The van der Waals surface area contributed by atoms with Crippen LogP contribution in [-0.4, -0.2) is 14.3 Å². The molecule has 3 aromatic carbocycles. The number of carbonyl (C=O) groups excluding carboxylic acids is 1. The monoisotopic (exact) mass is 418 g/mol. The zero-order valence-corrected chi connectivity index (χ0v) is 16.3. The molecule has 8 heteroatoms. The summed E-state index contributed by atoms with van der Waals surface area (Å²) in [6.45, 7) is 1.65. The van der Waals surface area contributed by atoms with E-state index in [4.69, 9.17) is 11.6 Å². The summed E-state index contributed by atoms with van der Waals surface area (Å²) in [6.07, 6.45) is 0. The van der Waals surface area contributed by atoms with Crippen LogP contribution in [-0.2, 0) is 10.0 Å². The zero-order valence-electron chi connectivity index (χ0n) is 14.7. The third-order valence-corrected chi connectivity index (χ3v) is 5.80. The molecule has 0 atom stereocenters. The number of rotatable bonds is 5. The van der Waals surface area contributed by atoms with Crippen LogP contribution in [0.2, 0.25) is 5.02 Å². The van der Waals surface area contributed by atoms with Crippen LogP contribution < -0.4 is 10.0 Å². The molecule has 0 radical (unpaired) electrons. The fraction of sp³-hybridized carbons (Fsp3) is 0.0500. The maximum Gasteiger partial charge on any atom is 0.262 e.